The van der Waals surface area contributed by atoms with Crippen molar-refractivity contribution in [3.8, 4) is 0 Å². The quantitative estimate of drug-likeness (QED) is 0.760. The summed E-state index contributed by atoms with van der Waals surface area (Å²) in [6, 6.07) is 12.5. The summed E-state index contributed by atoms with van der Waals surface area (Å²) >= 11 is 1.62. The molecule has 1 atom stereocenters. The first-order chi connectivity index (χ1) is 10.6. The second kappa shape index (κ2) is 7.95. The van der Waals surface area contributed by atoms with Crippen LogP contribution in [0.25, 0.3) is 6.08 Å². The lowest BCUT2D eigenvalue weighted by Gasteiger charge is -2.22. The molecule has 1 N–H and O–H groups in total. The predicted molar refractivity (Wildman–Crippen MR) is 94.9 cm³/mol. The molecule has 0 spiro atoms. The second-order valence-corrected chi connectivity index (χ2v) is 6.65. The number of hydrogen-bond donors (Lipinski definition) is 1. The summed E-state index contributed by atoms with van der Waals surface area (Å²) in [6.07, 6.45) is 4.50. The van der Waals surface area contributed by atoms with Gasteiger partial charge in [-0.05, 0) is 41.0 Å². The molecule has 0 saturated carbocycles. The molecule has 0 radical (unpaired) electrons. The van der Waals surface area contributed by atoms with E-state index in [1.165, 1.54) is 5.56 Å². The molecule has 0 aliphatic carbocycles. The number of benzene rings is 1. The normalized spacial score (nSPS) is 12.7. The van der Waals surface area contributed by atoms with Crippen LogP contribution in [0.4, 0.5) is 0 Å². The summed E-state index contributed by atoms with van der Waals surface area (Å²) in [6.45, 7) is 6.40. The van der Waals surface area contributed by atoms with Gasteiger partial charge in [-0.2, -0.15) is 0 Å². The number of rotatable bonds is 6. The number of aryl methyl sites for hydroxylation is 1. The van der Waals surface area contributed by atoms with Gasteiger partial charge >= 0.3 is 0 Å². The van der Waals surface area contributed by atoms with Crippen LogP contribution in [0, 0.1) is 5.92 Å². The van der Waals surface area contributed by atoms with E-state index in [0.717, 1.165) is 16.9 Å². The summed E-state index contributed by atoms with van der Waals surface area (Å²) in [5.74, 6) is 0.290. The van der Waals surface area contributed by atoms with E-state index in [1.807, 2.05) is 23.6 Å². The zero-order chi connectivity index (χ0) is 15.9. The van der Waals surface area contributed by atoms with Crippen molar-refractivity contribution in [2.75, 3.05) is 0 Å². The van der Waals surface area contributed by atoms with Crippen LogP contribution in [-0.2, 0) is 11.2 Å². The standard InChI is InChI=1S/C19H23NOS/c1-4-15-7-9-16(10-8-15)19(14(2)3)20-18(21)12-11-17-6-5-13-22-17/h5-14,19H,4H2,1-3H3,(H,20,21)/b12-11+. The summed E-state index contributed by atoms with van der Waals surface area (Å²) in [4.78, 5) is 13.2. The van der Waals surface area contributed by atoms with Crippen molar-refractivity contribution < 1.29 is 4.79 Å². The number of hydrogen-bond acceptors (Lipinski definition) is 2. The Morgan fingerprint density at radius 1 is 1.23 bits per heavy atom. The second-order valence-electron chi connectivity index (χ2n) is 5.67. The number of nitrogens with one attached hydrogen (secondary N) is 1. The third kappa shape index (κ3) is 4.57. The molecule has 1 aromatic carbocycles. The molecule has 0 aliphatic heterocycles. The lowest BCUT2D eigenvalue weighted by molar-refractivity contribution is -0.117. The fourth-order valence-electron chi connectivity index (χ4n) is 2.34. The van der Waals surface area contributed by atoms with Crippen LogP contribution in [0.3, 0.4) is 0 Å². The minimum absolute atomic E-state index is 0.0337. The topological polar surface area (TPSA) is 29.1 Å². The van der Waals surface area contributed by atoms with Crippen molar-refractivity contribution in [1.82, 2.24) is 5.32 Å². The average molecular weight is 313 g/mol. The van der Waals surface area contributed by atoms with Gasteiger partial charge in [-0.25, -0.2) is 0 Å². The van der Waals surface area contributed by atoms with Crippen LogP contribution in [0.1, 0.15) is 42.8 Å². The minimum Gasteiger partial charge on any atom is -0.345 e. The first-order valence-corrected chi connectivity index (χ1v) is 8.59. The molecular formula is C19H23NOS. The molecule has 0 saturated heterocycles. The van der Waals surface area contributed by atoms with Crippen LogP contribution in [0.2, 0.25) is 0 Å². The number of amides is 1. The smallest absolute Gasteiger partial charge is 0.244 e. The molecule has 1 unspecified atom stereocenters. The van der Waals surface area contributed by atoms with Crippen LogP contribution in [0.5, 0.6) is 0 Å². The van der Waals surface area contributed by atoms with Gasteiger partial charge in [-0.3, -0.25) is 4.79 Å². The van der Waals surface area contributed by atoms with E-state index in [1.54, 1.807) is 17.4 Å². The predicted octanol–water partition coefficient (Wildman–Crippen LogP) is 4.84. The molecule has 1 amide bonds. The van der Waals surface area contributed by atoms with Crippen LogP contribution >= 0.6 is 11.3 Å². The lowest BCUT2D eigenvalue weighted by atomic mass is 9.95. The van der Waals surface area contributed by atoms with Gasteiger partial charge in [-0.15, -0.1) is 11.3 Å². The highest BCUT2D eigenvalue weighted by Gasteiger charge is 2.17. The van der Waals surface area contributed by atoms with Gasteiger partial charge in [0.2, 0.25) is 5.91 Å². The monoisotopic (exact) mass is 313 g/mol. The van der Waals surface area contributed by atoms with Gasteiger partial charge in [0.05, 0.1) is 6.04 Å². The van der Waals surface area contributed by atoms with Crippen LogP contribution in [0.15, 0.2) is 47.9 Å². The van der Waals surface area contributed by atoms with E-state index in [2.05, 4.69) is 50.4 Å². The molecule has 1 heterocycles. The third-order valence-corrected chi connectivity index (χ3v) is 4.49. The molecule has 0 bridgehead atoms. The van der Waals surface area contributed by atoms with Gasteiger partial charge in [0, 0.05) is 11.0 Å². The first kappa shape index (κ1) is 16.5. The van der Waals surface area contributed by atoms with E-state index >= 15 is 0 Å². The highest BCUT2D eigenvalue weighted by atomic mass is 32.1. The van der Waals surface area contributed by atoms with Crippen molar-refractivity contribution in [2.24, 2.45) is 5.92 Å². The van der Waals surface area contributed by atoms with E-state index < -0.39 is 0 Å². The molecule has 0 fully saturated rings. The van der Waals surface area contributed by atoms with Gasteiger partial charge in [0.25, 0.3) is 0 Å². The zero-order valence-corrected chi connectivity index (χ0v) is 14.2. The Bertz CT molecular complexity index is 611. The van der Waals surface area contributed by atoms with Crippen molar-refractivity contribution >= 4 is 23.3 Å². The maximum Gasteiger partial charge on any atom is 0.244 e. The molecule has 0 aliphatic rings. The maximum atomic E-state index is 12.2. The van der Waals surface area contributed by atoms with Gasteiger partial charge in [-0.1, -0.05) is 51.1 Å². The Kier molecular flexibility index (Phi) is 5.96. The fourth-order valence-corrected chi connectivity index (χ4v) is 2.96. The van der Waals surface area contributed by atoms with E-state index in [-0.39, 0.29) is 11.9 Å². The van der Waals surface area contributed by atoms with E-state index in [4.69, 9.17) is 0 Å². The van der Waals surface area contributed by atoms with Crippen LogP contribution < -0.4 is 5.32 Å². The number of carbonyl (C=O) groups is 1. The molecule has 116 valence electrons. The van der Waals surface area contributed by atoms with Gasteiger partial charge in [0.1, 0.15) is 0 Å². The summed E-state index contributed by atoms with van der Waals surface area (Å²) in [5, 5.41) is 5.12. The fraction of sp³-hybridized carbons (Fsp3) is 0.316. The molecule has 2 rings (SSSR count). The number of carbonyl (C=O) groups excluding carboxylic acids is 1. The average Bonchev–Trinajstić information content (AvgIpc) is 3.04. The van der Waals surface area contributed by atoms with Gasteiger partial charge in [0.15, 0.2) is 0 Å². The Hall–Kier alpha value is -1.87. The Balaban J connectivity index is 2.06. The van der Waals surface area contributed by atoms with E-state index in [9.17, 15) is 4.79 Å². The summed E-state index contributed by atoms with van der Waals surface area (Å²) < 4.78 is 0. The lowest BCUT2D eigenvalue weighted by Crippen LogP contribution is -2.30. The SMILES string of the molecule is CCc1ccc(C(NC(=O)/C=C/c2cccs2)C(C)C)cc1. The Morgan fingerprint density at radius 2 is 1.95 bits per heavy atom. The largest absolute Gasteiger partial charge is 0.345 e. The summed E-state index contributed by atoms with van der Waals surface area (Å²) in [7, 11) is 0. The Morgan fingerprint density at radius 3 is 2.50 bits per heavy atom. The molecular weight excluding hydrogens is 290 g/mol. The van der Waals surface area contributed by atoms with Crippen LogP contribution in [-0.4, -0.2) is 5.91 Å². The van der Waals surface area contributed by atoms with Gasteiger partial charge < -0.3 is 5.32 Å². The molecule has 3 heteroatoms. The number of thiophene rings is 1. The minimum atomic E-state index is -0.0494. The Labute approximate surface area is 136 Å². The first-order valence-electron chi connectivity index (χ1n) is 7.71. The van der Waals surface area contributed by atoms with E-state index in [0.29, 0.717) is 5.92 Å². The molecule has 2 nitrogen and oxygen atoms in total. The van der Waals surface area contributed by atoms with Crippen molar-refractivity contribution in [1.29, 1.82) is 0 Å². The maximum absolute atomic E-state index is 12.2. The van der Waals surface area contributed by atoms with Crippen molar-refractivity contribution in [3.63, 3.8) is 0 Å². The molecule has 22 heavy (non-hydrogen) atoms. The third-order valence-electron chi connectivity index (χ3n) is 3.65. The molecule has 2 aromatic rings. The highest BCUT2D eigenvalue weighted by Crippen LogP contribution is 2.22. The zero-order valence-electron chi connectivity index (χ0n) is 13.4. The summed E-state index contributed by atoms with van der Waals surface area (Å²) in [5.41, 5.74) is 2.47. The molecule has 1 aromatic heterocycles. The van der Waals surface area contributed by atoms with Crippen molar-refractivity contribution in [3.05, 3.63) is 63.9 Å². The van der Waals surface area contributed by atoms with Crippen molar-refractivity contribution in [2.45, 2.75) is 33.2 Å². The highest BCUT2D eigenvalue weighted by molar-refractivity contribution is 7.10.